The van der Waals surface area contributed by atoms with Crippen LogP contribution in [0.15, 0.2) is 21.4 Å². The van der Waals surface area contributed by atoms with Gasteiger partial charge in [0.15, 0.2) is 0 Å². The van der Waals surface area contributed by atoms with E-state index in [-0.39, 0.29) is 17.8 Å². The quantitative estimate of drug-likeness (QED) is 0.793. The number of methoxy groups -OCH3 is 1. The van der Waals surface area contributed by atoms with Crippen LogP contribution in [0.5, 0.6) is 0 Å². The van der Waals surface area contributed by atoms with E-state index in [1.165, 1.54) is 13.2 Å². The predicted molar refractivity (Wildman–Crippen MR) is 79.8 cm³/mol. The fourth-order valence-corrected chi connectivity index (χ4v) is 2.50. The molecule has 0 aliphatic rings. The summed E-state index contributed by atoms with van der Waals surface area (Å²) in [6, 6.07) is 2.88. The van der Waals surface area contributed by atoms with Crippen LogP contribution in [0.2, 0.25) is 0 Å². The minimum absolute atomic E-state index is 0.0364. The van der Waals surface area contributed by atoms with Crippen molar-refractivity contribution in [1.82, 2.24) is 9.78 Å². The third-order valence-corrected chi connectivity index (χ3v) is 3.52. The van der Waals surface area contributed by atoms with Gasteiger partial charge in [0, 0.05) is 9.86 Å². The van der Waals surface area contributed by atoms with Gasteiger partial charge in [-0.15, -0.1) is 0 Å². The number of hydrogen-bond acceptors (Lipinski definition) is 4. The van der Waals surface area contributed by atoms with E-state index < -0.39 is 17.3 Å². The molecule has 2 aromatic rings. The van der Waals surface area contributed by atoms with E-state index in [4.69, 9.17) is 0 Å². The van der Waals surface area contributed by atoms with Crippen molar-refractivity contribution in [3.05, 3.63) is 38.5 Å². The molecule has 0 saturated heterocycles. The molecule has 0 saturated carbocycles. The predicted octanol–water partition coefficient (Wildman–Crippen LogP) is 2.59. The fourth-order valence-electron chi connectivity index (χ4n) is 2.07. The van der Waals surface area contributed by atoms with Gasteiger partial charge in [-0.1, -0.05) is 29.8 Å². The highest BCUT2D eigenvalue weighted by Gasteiger charge is 2.18. The largest absolute Gasteiger partial charge is 0.468 e. The molecule has 0 aliphatic heterocycles. The third-order valence-electron chi connectivity index (χ3n) is 3.06. The number of ether oxygens (including phenoxy) is 1. The van der Waals surface area contributed by atoms with Crippen molar-refractivity contribution < 1.29 is 13.9 Å². The normalized spacial score (nSPS) is 11.1. The Labute approximate surface area is 128 Å². The molecule has 112 valence electrons. The number of carbonyl (C=O) groups excluding carboxylic acids is 1. The van der Waals surface area contributed by atoms with Crippen LogP contribution in [-0.2, 0) is 16.1 Å². The van der Waals surface area contributed by atoms with Crippen molar-refractivity contribution >= 4 is 32.7 Å². The first-order valence-electron chi connectivity index (χ1n) is 6.31. The van der Waals surface area contributed by atoms with E-state index in [1.54, 1.807) is 6.07 Å². The number of benzene rings is 1. The van der Waals surface area contributed by atoms with Gasteiger partial charge in [0.1, 0.15) is 12.4 Å². The van der Waals surface area contributed by atoms with Gasteiger partial charge in [-0.3, -0.25) is 9.59 Å². The Morgan fingerprint density at radius 3 is 2.71 bits per heavy atom. The zero-order valence-electron chi connectivity index (χ0n) is 11.8. The molecule has 0 aliphatic carbocycles. The van der Waals surface area contributed by atoms with Gasteiger partial charge in [-0.25, -0.2) is 9.07 Å². The van der Waals surface area contributed by atoms with E-state index in [0.29, 0.717) is 15.6 Å². The second-order valence-corrected chi connectivity index (χ2v) is 5.80. The maximum atomic E-state index is 14.2. The van der Waals surface area contributed by atoms with Crippen LogP contribution in [0.4, 0.5) is 4.39 Å². The summed E-state index contributed by atoms with van der Waals surface area (Å²) in [5.74, 6) is -1.30. The average Bonchev–Trinajstić information content (AvgIpc) is 2.40. The average molecular weight is 357 g/mol. The Hall–Kier alpha value is -1.76. The Morgan fingerprint density at radius 1 is 1.48 bits per heavy atom. The lowest BCUT2D eigenvalue weighted by atomic mass is 10.0. The van der Waals surface area contributed by atoms with Crippen molar-refractivity contribution in [1.29, 1.82) is 0 Å². The van der Waals surface area contributed by atoms with E-state index >= 15 is 0 Å². The fraction of sp³-hybridized carbons (Fsp3) is 0.357. The maximum Gasteiger partial charge on any atom is 0.327 e. The number of carbonyl (C=O) groups is 1. The number of halogens is 2. The molecule has 5 nitrogen and oxygen atoms in total. The topological polar surface area (TPSA) is 61.2 Å². The van der Waals surface area contributed by atoms with Crippen molar-refractivity contribution in [2.75, 3.05) is 7.11 Å². The zero-order chi connectivity index (χ0) is 15.7. The van der Waals surface area contributed by atoms with Crippen molar-refractivity contribution in [3.63, 3.8) is 0 Å². The van der Waals surface area contributed by atoms with Crippen LogP contribution in [0.1, 0.15) is 25.5 Å². The van der Waals surface area contributed by atoms with Gasteiger partial charge in [0.2, 0.25) is 0 Å². The lowest BCUT2D eigenvalue weighted by Gasteiger charge is -2.13. The standard InChI is InChI=1S/C14H14BrFN2O3/c1-7(2)13-9-4-8(15)5-10(16)12(9)14(20)18(17-13)6-11(19)21-3/h4-5,7H,6H2,1-3H3. The van der Waals surface area contributed by atoms with Crippen molar-refractivity contribution in [2.24, 2.45) is 0 Å². The number of nitrogens with zero attached hydrogens (tertiary/aromatic N) is 2. The molecule has 21 heavy (non-hydrogen) atoms. The number of rotatable bonds is 3. The maximum absolute atomic E-state index is 14.2. The molecule has 7 heteroatoms. The minimum Gasteiger partial charge on any atom is -0.468 e. The molecule has 0 amide bonds. The summed E-state index contributed by atoms with van der Waals surface area (Å²) in [6.07, 6.45) is 0. The molecule has 0 fully saturated rings. The summed E-state index contributed by atoms with van der Waals surface area (Å²) in [5, 5.41) is 4.56. The highest BCUT2D eigenvalue weighted by molar-refractivity contribution is 9.10. The summed E-state index contributed by atoms with van der Waals surface area (Å²) < 4.78 is 20.2. The highest BCUT2D eigenvalue weighted by Crippen LogP contribution is 2.26. The van der Waals surface area contributed by atoms with Crippen LogP contribution < -0.4 is 5.56 Å². The summed E-state index contributed by atoms with van der Waals surface area (Å²) >= 11 is 3.21. The van der Waals surface area contributed by atoms with E-state index in [1.807, 2.05) is 13.8 Å². The number of aromatic nitrogens is 2. The van der Waals surface area contributed by atoms with Gasteiger partial charge >= 0.3 is 5.97 Å². The Balaban J connectivity index is 2.83. The molecule has 1 heterocycles. The lowest BCUT2D eigenvalue weighted by molar-refractivity contribution is -0.141. The number of hydrogen-bond donors (Lipinski definition) is 0. The van der Waals surface area contributed by atoms with Gasteiger partial charge in [-0.05, 0) is 18.1 Å². The Kier molecular flexibility index (Phi) is 4.41. The first-order valence-corrected chi connectivity index (χ1v) is 7.11. The minimum atomic E-state index is -0.648. The van der Waals surface area contributed by atoms with Gasteiger partial charge < -0.3 is 4.74 Å². The van der Waals surface area contributed by atoms with Crippen LogP contribution >= 0.6 is 15.9 Å². The van der Waals surface area contributed by atoms with Crippen LogP contribution in [0.3, 0.4) is 0 Å². The summed E-state index contributed by atoms with van der Waals surface area (Å²) in [6.45, 7) is 3.42. The second-order valence-electron chi connectivity index (χ2n) is 4.89. The van der Waals surface area contributed by atoms with Crippen LogP contribution in [-0.4, -0.2) is 22.9 Å². The molecule has 1 aromatic carbocycles. The number of esters is 1. The monoisotopic (exact) mass is 356 g/mol. The van der Waals surface area contributed by atoms with Crippen LogP contribution in [0, 0.1) is 5.82 Å². The van der Waals surface area contributed by atoms with Gasteiger partial charge in [0.25, 0.3) is 5.56 Å². The first-order chi connectivity index (χ1) is 9.85. The zero-order valence-corrected chi connectivity index (χ0v) is 13.4. The first kappa shape index (κ1) is 15.6. The summed E-state index contributed by atoms with van der Waals surface area (Å²) in [5.41, 5.74) is -0.0986. The molecule has 0 atom stereocenters. The van der Waals surface area contributed by atoms with Crippen LogP contribution in [0.25, 0.3) is 10.8 Å². The van der Waals surface area contributed by atoms with E-state index in [0.717, 1.165) is 4.68 Å². The van der Waals surface area contributed by atoms with E-state index in [2.05, 4.69) is 25.8 Å². The molecule has 0 unspecified atom stereocenters. The third kappa shape index (κ3) is 2.97. The molecule has 0 bridgehead atoms. The second kappa shape index (κ2) is 5.93. The molecule has 2 rings (SSSR count). The van der Waals surface area contributed by atoms with Crippen molar-refractivity contribution in [3.8, 4) is 0 Å². The lowest BCUT2D eigenvalue weighted by Crippen LogP contribution is -2.29. The molecular formula is C14H14BrFN2O3. The highest BCUT2D eigenvalue weighted by atomic mass is 79.9. The smallest absolute Gasteiger partial charge is 0.327 e. The van der Waals surface area contributed by atoms with Gasteiger partial charge in [0.05, 0.1) is 18.2 Å². The molecule has 1 aromatic heterocycles. The SMILES string of the molecule is COC(=O)Cn1nc(C(C)C)c2cc(Br)cc(F)c2c1=O. The molecule has 0 radical (unpaired) electrons. The summed E-state index contributed by atoms with van der Waals surface area (Å²) in [7, 11) is 1.22. The number of fused-ring (bicyclic) bond motifs is 1. The van der Waals surface area contributed by atoms with Crippen molar-refractivity contribution in [2.45, 2.75) is 26.3 Å². The Bertz CT molecular complexity index is 771. The van der Waals surface area contributed by atoms with Gasteiger partial charge in [-0.2, -0.15) is 5.10 Å². The Morgan fingerprint density at radius 2 is 2.14 bits per heavy atom. The molecular weight excluding hydrogens is 343 g/mol. The molecule has 0 spiro atoms. The summed E-state index contributed by atoms with van der Waals surface area (Å²) in [4.78, 5) is 23.7. The molecule has 0 N–H and O–H groups in total. The van der Waals surface area contributed by atoms with E-state index in [9.17, 15) is 14.0 Å².